The molecule has 0 fully saturated rings. The van der Waals surface area contributed by atoms with Gasteiger partial charge in [0.25, 0.3) is 5.69 Å². The Balaban J connectivity index is 0.00000466. The molecule has 3 N–H and O–H groups in total. The Hall–Kier alpha value is -3.37. The van der Waals surface area contributed by atoms with Crippen molar-refractivity contribution < 1.29 is 33.5 Å². The SMILES string of the molecule is CC.COc1cc(C(C)OC(=O)CCCNC(C)=O)c([N+](=O)[O-])cc1OCCCC(N)=O. The quantitative estimate of drug-likeness (QED) is 0.199. The number of nitro groups is 1. The molecular weight excluding hydrogens is 422 g/mol. The maximum Gasteiger partial charge on any atom is 0.306 e. The van der Waals surface area contributed by atoms with Crippen LogP contribution < -0.4 is 20.5 Å². The molecule has 2 amide bonds. The monoisotopic (exact) mass is 455 g/mol. The van der Waals surface area contributed by atoms with Crippen molar-refractivity contribution in [2.75, 3.05) is 20.3 Å². The van der Waals surface area contributed by atoms with E-state index in [2.05, 4.69) is 5.32 Å². The van der Waals surface area contributed by atoms with E-state index in [1.165, 1.54) is 33.1 Å². The second-order valence-electron chi connectivity index (χ2n) is 6.46. The summed E-state index contributed by atoms with van der Waals surface area (Å²) in [6.45, 7) is 7.34. The van der Waals surface area contributed by atoms with Crippen LogP contribution in [0.25, 0.3) is 0 Å². The van der Waals surface area contributed by atoms with Crippen LogP contribution in [-0.2, 0) is 19.1 Å². The zero-order valence-electron chi connectivity index (χ0n) is 19.3. The molecule has 0 aromatic heterocycles. The number of ether oxygens (including phenoxy) is 3. The summed E-state index contributed by atoms with van der Waals surface area (Å²) >= 11 is 0. The van der Waals surface area contributed by atoms with Crippen LogP contribution in [0.5, 0.6) is 11.5 Å². The summed E-state index contributed by atoms with van der Waals surface area (Å²) in [4.78, 5) is 44.5. The number of hydrogen-bond acceptors (Lipinski definition) is 8. The predicted octanol–water partition coefficient (Wildman–Crippen LogP) is 2.79. The third-order valence-corrected chi connectivity index (χ3v) is 4.01. The van der Waals surface area contributed by atoms with E-state index >= 15 is 0 Å². The van der Waals surface area contributed by atoms with Crippen LogP contribution in [0.1, 0.15) is 65.0 Å². The Kier molecular flexibility index (Phi) is 13.8. The molecular formula is C21H33N3O8. The first-order valence-corrected chi connectivity index (χ1v) is 10.4. The summed E-state index contributed by atoms with van der Waals surface area (Å²) in [6, 6.07) is 2.58. The highest BCUT2D eigenvalue weighted by atomic mass is 16.6. The maximum absolute atomic E-state index is 12.0. The average Bonchev–Trinajstić information content (AvgIpc) is 2.74. The minimum atomic E-state index is -0.906. The summed E-state index contributed by atoms with van der Waals surface area (Å²) in [5.41, 5.74) is 4.93. The van der Waals surface area contributed by atoms with Gasteiger partial charge in [-0.1, -0.05) is 13.8 Å². The van der Waals surface area contributed by atoms with E-state index in [0.29, 0.717) is 19.4 Å². The lowest BCUT2D eigenvalue weighted by Crippen LogP contribution is -2.22. The number of methoxy groups -OCH3 is 1. The largest absolute Gasteiger partial charge is 0.493 e. The van der Waals surface area contributed by atoms with Crippen molar-refractivity contribution in [2.45, 2.75) is 59.5 Å². The van der Waals surface area contributed by atoms with Gasteiger partial charge in [-0.15, -0.1) is 0 Å². The van der Waals surface area contributed by atoms with E-state index in [9.17, 15) is 24.5 Å². The molecule has 11 heteroatoms. The van der Waals surface area contributed by atoms with E-state index in [1.54, 1.807) is 0 Å². The molecule has 0 aliphatic carbocycles. The second kappa shape index (κ2) is 15.4. The molecule has 1 unspecified atom stereocenters. The molecule has 1 aromatic rings. The third kappa shape index (κ3) is 10.6. The van der Waals surface area contributed by atoms with Crippen LogP contribution in [0.4, 0.5) is 5.69 Å². The van der Waals surface area contributed by atoms with Crippen LogP contribution >= 0.6 is 0 Å². The Morgan fingerprint density at radius 3 is 2.34 bits per heavy atom. The molecule has 0 aliphatic heterocycles. The zero-order valence-corrected chi connectivity index (χ0v) is 19.3. The number of benzene rings is 1. The van der Waals surface area contributed by atoms with Crippen molar-refractivity contribution in [3.63, 3.8) is 0 Å². The first-order chi connectivity index (χ1) is 15.1. The van der Waals surface area contributed by atoms with Gasteiger partial charge in [0.05, 0.1) is 30.3 Å². The lowest BCUT2D eigenvalue weighted by atomic mass is 10.1. The van der Waals surface area contributed by atoms with Crippen molar-refractivity contribution in [1.29, 1.82) is 0 Å². The van der Waals surface area contributed by atoms with Gasteiger partial charge < -0.3 is 25.3 Å². The van der Waals surface area contributed by atoms with Gasteiger partial charge in [-0.3, -0.25) is 24.5 Å². The molecule has 1 rings (SSSR count). The van der Waals surface area contributed by atoms with Gasteiger partial charge in [-0.25, -0.2) is 0 Å². The van der Waals surface area contributed by atoms with Crippen LogP contribution in [0.3, 0.4) is 0 Å². The number of amides is 2. The first-order valence-electron chi connectivity index (χ1n) is 10.4. The van der Waals surface area contributed by atoms with Gasteiger partial charge >= 0.3 is 5.97 Å². The van der Waals surface area contributed by atoms with Crippen LogP contribution in [-0.4, -0.2) is 43.0 Å². The number of nitro benzene ring substituents is 1. The fourth-order valence-corrected chi connectivity index (χ4v) is 2.57. The summed E-state index contributed by atoms with van der Waals surface area (Å²) in [7, 11) is 1.37. The van der Waals surface area contributed by atoms with Crippen molar-refractivity contribution in [2.24, 2.45) is 5.73 Å². The number of nitrogens with two attached hydrogens (primary N) is 1. The summed E-state index contributed by atoms with van der Waals surface area (Å²) in [5, 5.41) is 14.1. The number of nitrogens with zero attached hydrogens (tertiary/aromatic N) is 1. The number of carbonyl (C=O) groups excluding carboxylic acids is 3. The third-order valence-electron chi connectivity index (χ3n) is 4.01. The summed E-state index contributed by atoms with van der Waals surface area (Å²) in [6.07, 6.45) is -0.0000956. The number of carbonyl (C=O) groups is 3. The Morgan fingerprint density at radius 1 is 1.16 bits per heavy atom. The van der Waals surface area contributed by atoms with Crippen molar-refractivity contribution >= 4 is 23.5 Å². The Bertz CT molecular complexity index is 783. The lowest BCUT2D eigenvalue weighted by molar-refractivity contribution is -0.386. The van der Waals surface area contributed by atoms with Gasteiger partial charge in [0, 0.05) is 26.3 Å². The highest BCUT2D eigenvalue weighted by Crippen LogP contribution is 2.38. The molecule has 1 atom stereocenters. The van der Waals surface area contributed by atoms with Crippen LogP contribution in [0, 0.1) is 10.1 Å². The van der Waals surface area contributed by atoms with E-state index < -0.39 is 22.9 Å². The van der Waals surface area contributed by atoms with Gasteiger partial charge in [0.15, 0.2) is 11.5 Å². The number of nitrogens with one attached hydrogen (secondary N) is 1. The molecule has 32 heavy (non-hydrogen) atoms. The standard InChI is InChI=1S/C19H27N3O8.C2H6/c1-12(30-19(25)7-4-8-21-13(2)23)14-10-16(28-3)17(11-15(14)22(26)27)29-9-5-6-18(20)24;1-2/h10-12H,4-9H2,1-3H3,(H2,20,24)(H,21,23);1-2H3. The van der Waals surface area contributed by atoms with Crippen LogP contribution in [0.2, 0.25) is 0 Å². The van der Waals surface area contributed by atoms with Crippen molar-refractivity contribution in [1.82, 2.24) is 5.32 Å². The predicted molar refractivity (Wildman–Crippen MR) is 117 cm³/mol. The lowest BCUT2D eigenvalue weighted by Gasteiger charge is -2.17. The fourth-order valence-electron chi connectivity index (χ4n) is 2.57. The minimum Gasteiger partial charge on any atom is -0.493 e. The molecule has 0 radical (unpaired) electrons. The molecule has 0 bridgehead atoms. The first kappa shape index (κ1) is 28.6. The van der Waals surface area contributed by atoms with Crippen molar-refractivity contribution in [3.05, 3.63) is 27.8 Å². The number of rotatable bonds is 13. The molecule has 0 heterocycles. The highest BCUT2D eigenvalue weighted by Gasteiger charge is 2.26. The van der Waals surface area contributed by atoms with E-state index in [1.807, 2.05) is 13.8 Å². The highest BCUT2D eigenvalue weighted by molar-refractivity contribution is 5.73. The summed E-state index contributed by atoms with van der Waals surface area (Å²) in [5.74, 6) is -0.863. The molecule has 0 aliphatic rings. The van der Waals surface area contributed by atoms with Crippen molar-refractivity contribution in [3.8, 4) is 11.5 Å². The maximum atomic E-state index is 12.0. The Labute approximate surface area is 187 Å². The average molecular weight is 456 g/mol. The number of primary amides is 1. The van der Waals surface area contributed by atoms with E-state index in [0.717, 1.165) is 0 Å². The second-order valence-corrected chi connectivity index (χ2v) is 6.46. The van der Waals surface area contributed by atoms with E-state index in [4.69, 9.17) is 19.9 Å². The smallest absolute Gasteiger partial charge is 0.306 e. The molecule has 180 valence electrons. The summed E-state index contributed by atoms with van der Waals surface area (Å²) < 4.78 is 16.0. The van der Waals surface area contributed by atoms with Crippen LogP contribution in [0.15, 0.2) is 12.1 Å². The molecule has 0 saturated carbocycles. The van der Waals surface area contributed by atoms with Gasteiger partial charge in [-0.2, -0.15) is 0 Å². The number of hydrogen-bond donors (Lipinski definition) is 2. The normalized spacial score (nSPS) is 10.8. The fraction of sp³-hybridized carbons (Fsp3) is 0.571. The molecule has 11 nitrogen and oxygen atoms in total. The van der Waals surface area contributed by atoms with Gasteiger partial charge in [0.2, 0.25) is 11.8 Å². The molecule has 0 spiro atoms. The topological polar surface area (TPSA) is 160 Å². The van der Waals surface area contributed by atoms with Gasteiger partial charge in [0.1, 0.15) is 6.10 Å². The molecule has 0 saturated heterocycles. The molecule has 1 aromatic carbocycles. The Morgan fingerprint density at radius 2 is 1.81 bits per heavy atom. The zero-order chi connectivity index (χ0) is 24.7. The van der Waals surface area contributed by atoms with Gasteiger partial charge in [-0.05, 0) is 25.8 Å². The van der Waals surface area contributed by atoms with E-state index in [-0.39, 0.29) is 48.1 Å². The number of esters is 1. The minimum absolute atomic E-state index is 0.0522.